The molecule has 0 aromatic carbocycles. The van der Waals surface area contributed by atoms with E-state index in [-0.39, 0.29) is 18.0 Å². The SMILES string of the molecule is COC(=O)c1ccc(Nc2ncc3cc4n(c3n2)C2CCCCCC2N(C)C4=O)nc1. The molecule has 1 amide bonds. The number of amides is 1. The summed E-state index contributed by atoms with van der Waals surface area (Å²) in [5, 5.41) is 3.94. The molecule has 1 fully saturated rings. The van der Waals surface area contributed by atoms with Gasteiger partial charge in [-0.1, -0.05) is 19.3 Å². The fraction of sp³-hybridized carbons (Fsp3) is 0.409. The molecule has 3 aromatic rings. The molecule has 0 spiro atoms. The average Bonchev–Trinajstić information content (AvgIpc) is 2.99. The lowest BCUT2D eigenvalue weighted by molar-refractivity contribution is 0.0583. The average molecular weight is 420 g/mol. The van der Waals surface area contributed by atoms with Crippen molar-refractivity contribution in [1.82, 2.24) is 24.4 Å². The van der Waals surface area contributed by atoms with Crippen molar-refractivity contribution in [3.8, 4) is 0 Å². The van der Waals surface area contributed by atoms with Gasteiger partial charge in [-0.3, -0.25) is 4.79 Å². The van der Waals surface area contributed by atoms with Gasteiger partial charge in [-0.05, 0) is 31.0 Å². The summed E-state index contributed by atoms with van der Waals surface area (Å²) in [5.41, 5.74) is 1.80. The van der Waals surface area contributed by atoms with Gasteiger partial charge >= 0.3 is 5.97 Å². The van der Waals surface area contributed by atoms with Gasteiger partial charge in [0.05, 0.1) is 24.8 Å². The number of likely N-dealkylation sites (N-methyl/N-ethyl adjacent to an activating group) is 1. The number of nitrogens with zero attached hydrogens (tertiary/aromatic N) is 5. The molecule has 9 heteroatoms. The number of carbonyl (C=O) groups excluding carboxylic acids is 2. The Labute approximate surface area is 179 Å². The first-order valence-electron chi connectivity index (χ1n) is 10.5. The van der Waals surface area contributed by atoms with E-state index in [1.165, 1.54) is 19.7 Å². The number of methoxy groups -OCH3 is 1. The summed E-state index contributed by atoms with van der Waals surface area (Å²) >= 11 is 0. The molecular weight excluding hydrogens is 396 g/mol. The summed E-state index contributed by atoms with van der Waals surface area (Å²) in [5.74, 6) is 0.503. The number of aromatic nitrogens is 4. The number of carbonyl (C=O) groups is 2. The highest BCUT2D eigenvalue weighted by atomic mass is 16.5. The van der Waals surface area contributed by atoms with Crippen LogP contribution in [0.3, 0.4) is 0 Å². The first-order valence-corrected chi connectivity index (χ1v) is 10.5. The van der Waals surface area contributed by atoms with E-state index in [0.717, 1.165) is 36.7 Å². The summed E-state index contributed by atoms with van der Waals surface area (Å²) in [4.78, 5) is 39.9. The lowest BCUT2D eigenvalue weighted by Gasteiger charge is -2.40. The van der Waals surface area contributed by atoms with E-state index in [1.807, 2.05) is 18.0 Å². The Morgan fingerprint density at radius 3 is 2.68 bits per heavy atom. The van der Waals surface area contributed by atoms with Gasteiger partial charge < -0.3 is 19.5 Å². The predicted molar refractivity (Wildman–Crippen MR) is 114 cm³/mol. The maximum Gasteiger partial charge on any atom is 0.339 e. The van der Waals surface area contributed by atoms with Gasteiger partial charge in [0, 0.05) is 24.8 Å². The number of pyridine rings is 1. The molecule has 1 aliphatic heterocycles. The normalized spacial score (nSPS) is 20.7. The van der Waals surface area contributed by atoms with Crippen molar-refractivity contribution in [3.63, 3.8) is 0 Å². The smallest absolute Gasteiger partial charge is 0.339 e. The second kappa shape index (κ2) is 7.64. The molecule has 1 N–H and O–H groups in total. The zero-order valence-corrected chi connectivity index (χ0v) is 17.5. The Hall–Kier alpha value is -3.49. The Morgan fingerprint density at radius 2 is 1.94 bits per heavy atom. The van der Waals surface area contributed by atoms with Gasteiger partial charge in [0.25, 0.3) is 5.91 Å². The number of ether oxygens (including phenoxy) is 1. The molecule has 0 radical (unpaired) electrons. The van der Waals surface area contributed by atoms with Crippen LogP contribution in [0, 0.1) is 0 Å². The number of fused-ring (bicyclic) bond motifs is 5. The molecule has 5 rings (SSSR count). The van der Waals surface area contributed by atoms with Crippen LogP contribution >= 0.6 is 0 Å². The second-order valence-electron chi connectivity index (χ2n) is 8.11. The number of hydrogen-bond donors (Lipinski definition) is 1. The van der Waals surface area contributed by atoms with Crippen molar-refractivity contribution in [2.45, 2.75) is 44.2 Å². The predicted octanol–water partition coefficient (Wildman–Crippen LogP) is 3.32. The minimum atomic E-state index is -0.441. The second-order valence-corrected chi connectivity index (χ2v) is 8.11. The van der Waals surface area contributed by atoms with Gasteiger partial charge in [0.1, 0.15) is 17.2 Å². The molecule has 3 aromatic heterocycles. The van der Waals surface area contributed by atoms with Gasteiger partial charge in [-0.25, -0.2) is 14.8 Å². The van der Waals surface area contributed by atoms with Crippen LogP contribution in [0.4, 0.5) is 11.8 Å². The van der Waals surface area contributed by atoms with E-state index < -0.39 is 5.97 Å². The van der Waals surface area contributed by atoms with Crippen LogP contribution in [-0.2, 0) is 4.74 Å². The van der Waals surface area contributed by atoms with Crippen LogP contribution in [-0.4, -0.2) is 56.5 Å². The highest BCUT2D eigenvalue weighted by Crippen LogP contribution is 2.39. The van der Waals surface area contributed by atoms with Crippen LogP contribution < -0.4 is 5.32 Å². The van der Waals surface area contributed by atoms with Crippen molar-refractivity contribution in [2.75, 3.05) is 19.5 Å². The maximum absolute atomic E-state index is 13.0. The molecule has 0 saturated heterocycles. The van der Waals surface area contributed by atoms with Crippen LogP contribution in [0.15, 0.2) is 30.6 Å². The molecular formula is C22H24N6O3. The number of esters is 1. The van der Waals surface area contributed by atoms with Gasteiger partial charge in [-0.2, -0.15) is 4.98 Å². The van der Waals surface area contributed by atoms with Crippen LogP contribution in [0.25, 0.3) is 11.0 Å². The maximum atomic E-state index is 13.0. The van der Waals surface area contributed by atoms with Gasteiger partial charge in [0.2, 0.25) is 5.95 Å². The van der Waals surface area contributed by atoms with E-state index in [4.69, 9.17) is 9.72 Å². The van der Waals surface area contributed by atoms with Crippen molar-refractivity contribution >= 4 is 34.7 Å². The third kappa shape index (κ3) is 3.30. The van der Waals surface area contributed by atoms with Crippen molar-refractivity contribution in [3.05, 3.63) is 41.9 Å². The highest BCUT2D eigenvalue weighted by Gasteiger charge is 2.39. The monoisotopic (exact) mass is 420 g/mol. The molecule has 160 valence electrons. The van der Waals surface area contributed by atoms with Gasteiger partial charge in [-0.15, -0.1) is 0 Å². The lowest BCUT2D eigenvalue weighted by atomic mass is 9.98. The zero-order valence-electron chi connectivity index (χ0n) is 17.5. The lowest BCUT2D eigenvalue weighted by Crippen LogP contribution is -2.48. The van der Waals surface area contributed by atoms with Crippen LogP contribution in [0.1, 0.15) is 59.0 Å². The van der Waals surface area contributed by atoms with Crippen LogP contribution in [0.5, 0.6) is 0 Å². The quantitative estimate of drug-likeness (QED) is 0.649. The van der Waals surface area contributed by atoms with Crippen molar-refractivity contribution in [2.24, 2.45) is 0 Å². The summed E-state index contributed by atoms with van der Waals surface area (Å²) in [6, 6.07) is 5.61. The molecule has 1 saturated carbocycles. The van der Waals surface area contributed by atoms with Crippen molar-refractivity contribution < 1.29 is 14.3 Å². The molecule has 9 nitrogen and oxygen atoms in total. The van der Waals surface area contributed by atoms with E-state index in [0.29, 0.717) is 23.0 Å². The zero-order chi connectivity index (χ0) is 21.5. The fourth-order valence-corrected chi connectivity index (χ4v) is 4.74. The molecule has 4 heterocycles. The van der Waals surface area contributed by atoms with Crippen molar-refractivity contribution in [1.29, 1.82) is 0 Å². The fourth-order valence-electron chi connectivity index (χ4n) is 4.74. The third-order valence-electron chi connectivity index (χ3n) is 6.31. The number of hydrogen-bond acceptors (Lipinski definition) is 7. The summed E-state index contributed by atoms with van der Waals surface area (Å²) in [6.45, 7) is 0. The van der Waals surface area contributed by atoms with Crippen LogP contribution in [0.2, 0.25) is 0 Å². The Balaban J connectivity index is 1.51. The minimum absolute atomic E-state index is 0.0377. The molecule has 2 atom stereocenters. The highest BCUT2D eigenvalue weighted by molar-refractivity contribution is 5.99. The third-order valence-corrected chi connectivity index (χ3v) is 6.31. The number of nitrogens with one attached hydrogen (secondary N) is 1. The number of anilines is 2. The van der Waals surface area contributed by atoms with E-state index >= 15 is 0 Å². The topological polar surface area (TPSA) is 102 Å². The summed E-state index contributed by atoms with van der Waals surface area (Å²) in [7, 11) is 3.24. The van der Waals surface area contributed by atoms with Gasteiger partial charge in [0.15, 0.2) is 0 Å². The van der Waals surface area contributed by atoms with E-state index in [9.17, 15) is 9.59 Å². The largest absolute Gasteiger partial charge is 0.465 e. The van der Waals surface area contributed by atoms with E-state index in [2.05, 4.69) is 19.9 Å². The molecule has 1 aliphatic carbocycles. The van der Waals surface area contributed by atoms with E-state index in [1.54, 1.807) is 18.3 Å². The first kappa shape index (κ1) is 19.5. The molecule has 2 aliphatic rings. The molecule has 31 heavy (non-hydrogen) atoms. The first-order chi connectivity index (χ1) is 15.1. The number of rotatable bonds is 3. The summed E-state index contributed by atoms with van der Waals surface area (Å²) < 4.78 is 6.82. The molecule has 0 bridgehead atoms. The Kier molecular flexibility index (Phi) is 4.80. The standard InChI is InChI=1S/C22H24N6O3/c1-27-15-6-4-3-5-7-16(15)28-17(20(27)29)10-14-12-24-22(26-19(14)28)25-18-9-8-13(11-23-18)21(30)31-2/h8-12,15-16H,3-7H2,1-2H3,(H,23,24,25,26). The Morgan fingerprint density at radius 1 is 1.13 bits per heavy atom. The Bertz CT molecular complexity index is 1160. The summed E-state index contributed by atoms with van der Waals surface area (Å²) in [6.07, 6.45) is 8.70. The molecule has 2 unspecified atom stereocenters. The minimum Gasteiger partial charge on any atom is -0.465 e.